The molecule has 0 spiro atoms. The van der Waals surface area contributed by atoms with Crippen LogP contribution < -0.4 is 10.6 Å². The van der Waals surface area contributed by atoms with E-state index in [4.69, 9.17) is 4.42 Å². The normalized spacial score (nSPS) is 13.1. The molecule has 0 saturated carbocycles. The molecule has 23 heavy (non-hydrogen) atoms. The Morgan fingerprint density at radius 1 is 1.39 bits per heavy atom. The zero-order valence-corrected chi connectivity index (χ0v) is 14.5. The summed E-state index contributed by atoms with van der Waals surface area (Å²) >= 11 is 0. The lowest BCUT2D eigenvalue weighted by molar-refractivity contribution is 0.435. The fraction of sp³-hybridized carbons (Fsp3) is 0.529. The quantitative estimate of drug-likeness (QED) is 0.606. The second kappa shape index (κ2) is 8.41. The first-order valence-corrected chi connectivity index (χ1v) is 8.06. The molecular weight excluding hydrogens is 290 g/mol. The molecule has 0 aliphatic rings. The van der Waals surface area contributed by atoms with Crippen LogP contribution in [0, 0.1) is 19.8 Å². The van der Waals surface area contributed by atoms with Crippen molar-refractivity contribution in [2.45, 2.75) is 33.7 Å². The van der Waals surface area contributed by atoms with Crippen molar-refractivity contribution in [3.63, 3.8) is 0 Å². The van der Waals surface area contributed by atoms with Gasteiger partial charge in [0.15, 0.2) is 5.96 Å². The Bertz CT molecular complexity index is 615. The molecule has 6 heteroatoms. The van der Waals surface area contributed by atoms with Crippen molar-refractivity contribution in [1.82, 2.24) is 20.4 Å². The topological polar surface area (TPSA) is 67.4 Å². The van der Waals surface area contributed by atoms with Crippen molar-refractivity contribution >= 4 is 5.96 Å². The molecule has 2 rings (SSSR count). The average molecular weight is 317 g/mol. The van der Waals surface area contributed by atoms with Gasteiger partial charge in [-0.15, -0.1) is 0 Å². The van der Waals surface area contributed by atoms with Gasteiger partial charge in [-0.25, -0.2) is 0 Å². The zero-order valence-electron chi connectivity index (χ0n) is 14.5. The maximum atomic E-state index is 5.32. The monoisotopic (exact) mass is 317 g/mol. The van der Waals surface area contributed by atoms with Crippen molar-refractivity contribution in [2.75, 3.05) is 20.1 Å². The van der Waals surface area contributed by atoms with E-state index in [2.05, 4.69) is 45.3 Å². The zero-order chi connectivity index (χ0) is 16.7. The van der Waals surface area contributed by atoms with Gasteiger partial charge in [-0.3, -0.25) is 9.67 Å². The number of nitrogens with one attached hydrogen (secondary N) is 2. The van der Waals surface area contributed by atoms with E-state index in [0.29, 0.717) is 5.92 Å². The van der Waals surface area contributed by atoms with Gasteiger partial charge in [-0.1, -0.05) is 6.92 Å². The molecule has 126 valence electrons. The van der Waals surface area contributed by atoms with Gasteiger partial charge in [0.25, 0.3) is 0 Å². The SMILES string of the molecule is CN=C(NCCc1ccco1)NCC(C)Cn1nc(C)cc1C. The number of hydrogen-bond acceptors (Lipinski definition) is 3. The number of aliphatic imine (C=N–C) groups is 1. The highest BCUT2D eigenvalue weighted by atomic mass is 16.3. The minimum Gasteiger partial charge on any atom is -0.469 e. The molecule has 6 nitrogen and oxygen atoms in total. The predicted octanol–water partition coefficient (Wildman–Crippen LogP) is 2.14. The third-order valence-corrected chi connectivity index (χ3v) is 3.67. The van der Waals surface area contributed by atoms with E-state index >= 15 is 0 Å². The van der Waals surface area contributed by atoms with Crippen molar-refractivity contribution in [1.29, 1.82) is 0 Å². The summed E-state index contributed by atoms with van der Waals surface area (Å²) in [4.78, 5) is 4.25. The van der Waals surface area contributed by atoms with Crippen molar-refractivity contribution < 1.29 is 4.42 Å². The van der Waals surface area contributed by atoms with Crippen LogP contribution in [0.3, 0.4) is 0 Å². The highest BCUT2D eigenvalue weighted by molar-refractivity contribution is 5.79. The van der Waals surface area contributed by atoms with Gasteiger partial charge in [0.05, 0.1) is 12.0 Å². The fourth-order valence-corrected chi connectivity index (χ4v) is 2.47. The second-order valence-corrected chi connectivity index (χ2v) is 5.92. The van der Waals surface area contributed by atoms with Crippen LogP contribution in [0.2, 0.25) is 0 Å². The molecule has 1 unspecified atom stereocenters. The molecule has 2 heterocycles. The Labute approximate surface area is 138 Å². The summed E-state index contributed by atoms with van der Waals surface area (Å²) in [5.74, 6) is 2.25. The maximum Gasteiger partial charge on any atom is 0.191 e. The molecule has 0 saturated heterocycles. The molecule has 1 atom stereocenters. The van der Waals surface area contributed by atoms with Gasteiger partial charge in [0.1, 0.15) is 5.76 Å². The Kier molecular flexibility index (Phi) is 6.26. The summed E-state index contributed by atoms with van der Waals surface area (Å²) in [7, 11) is 1.79. The van der Waals surface area contributed by atoms with Gasteiger partial charge in [-0.2, -0.15) is 5.10 Å². The first-order valence-electron chi connectivity index (χ1n) is 8.06. The summed E-state index contributed by atoms with van der Waals surface area (Å²) in [5, 5.41) is 11.2. The number of hydrogen-bond donors (Lipinski definition) is 2. The summed E-state index contributed by atoms with van der Waals surface area (Å²) in [6.07, 6.45) is 2.54. The molecule has 0 bridgehead atoms. The van der Waals surface area contributed by atoms with Crippen molar-refractivity contribution in [2.24, 2.45) is 10.9 Å². The maximum absolute atomic E-state index is 5.32. The van der Waals surface area contributed by atoms with E-state index in [1.165, 1.54) is 5.69 Å². The largest absolute Gasteiger partial charge is 0.469 e. The first kappa shape index (κ1) is 17.1. The lowest BCUT2D eigenvalue weighted by atomic mass is 10.2. The number of furan rings is 1. The number of aromatic nitrogens is 2. The lowest BCUT2D eigenvalue weighted by Gasteiger charge is -2.16. The first-order chi connectivity index (χ1) is 11.1. The van der Waals surface area contributed by atoms with Crippen LogP contribution >= 0.6 is 0 Å². The molecular formula is C17H27N5O. The highest BCUT2D eigenvalue weighted by Crippen LogP contribution is 2.05. The van der Waals surface area contributed by atoms with E-state index in [-0.39, 0.29) is 0 Å². The molecule has 0 radical (unpaired) electrons. The molecule has 0 fully saturated rings. The summed E-state index contributed by atoms with van der Waals surface area (Å²) in [6, 6.07) is 5.99. The van der Waals surface area contributed by atoms with Gasteiger partial charge < -0.3 is 15.1 Å². The van der Waals surface area contributed by atoms with Gasteiger partial charge >= 0.3 is 0 Å². The van der Waals surface area contributed by atoms with Crippen LogP contribution in [0.4, 0.5) is 0 Å². The molecule has 2 aromatic heterocycles. The number of aryl methyl sites for hydroxylation is 2. The minimum atomic E-state index is 0.455. The molecule has 0 amide bonds. The molecule has 2 aromatic rings. The van der Waals surface area contributed by atoms with Crippen LogP contribution in [-0.4, -0.2) is 35.9 Å². The molecule has 2 N–H and O–H groups in total. The summed E-state index contributed by atoms with van der Waals surface area (Å²) in [6.45, 7) is 8.86. The Balaban J connectivity index is 1.71. The van der Waals surface area contributed by atoms with Crippen LogP contribution in [0.15, 0.2) is 33.9 Å². The van der Waals surface area contributed by atoms with Crippen molar-refractivity contribution in [3.8, 4) is 0 Å². The number of guanidine groups is 1. The Hall–Kier alpha value is -2.24. The standard InChI is InChI=1S/C17H27N5O/c1-13(12-22-15(3)10-14(2)21-22)11-20-17(18-4)19-8-7-16-6-5-9-23-16/h5-6,9-10,13H,7-8,11-12H2,1-4H3,(H2,18,19,20). The Morgan fingerprint density at radius 3 is 2.83 bits per heavy atom. The number of nitrogens with zero attached hydrogens (tertiary/aromatic N) is 3. The lowest BCUT2D eigenvalue weighted by Crippen LogP contribution is -2.40. The van der Waals surface area contributed by atoms with E-state index in [9.17, 15) is 0 Å². The van der Waals surface area contributed by atoms with Gasteiger partial charge in [0.2, 0.25) is 0 Å². The van der Waals surface area contributed by atoms with Crippen LogP contribution in [-0.2, 0) is 13.0 Å². The van der Waals surface area contributed by atoms with Crippen LogP contribution in [0.25, 0.3) is 0 Å². The Morgan fingerprint density at radius 2 is 2.22 bits per heavy atom. The number of rotatable bonds is 7. The van der Waals surface area contributed by atoms with E-state index in [0.717, 1.165) is 43.5 Å². The van der Waals surface area contributed by atoms with Crippen LogP contribution in [0.1, 0.15) is 24.1 Å². The smallest absolute Gasteiger partial charge is 0.191 e. The predicted molar refractivity (Wildman–Crippen MR) is 92.6 cm³/mol. The molecule has 0 aliphatic heterocycles. The van der Waals surface area contributed by atoms with E-state index in [1.807, 2.05) is 19.1 Å². The second-order valence-electron chi connectivity index (χ2n) is 5.92. The third-order valence-electron chi connectivity index (χ3n) is 3.67. The summed E-state index contributed by atoms with van der Waals surface area (Å²) in [5.41, 5.74) is 2.27. The van der Waals surface area contributed by atoms with Crippen LogP contribution in [0.5, 0.6) is 0 Å². The third kappa shape index (κ3) is 5.47. The summed E-state index contributed by atoms with van der Waals surface area (Å²) < 4.78 is 7.38. The fourth-order valence-electron chi connectivity index (χ4n) is 2.47. The van der Waals surface area contributed by atoms with Crippen molar-refractivity contribution in [3.05, 3.63) is 41.6 Å². The molecule has 0 aromatic carbocycles. The van der Waals surface area contributed by atoms with E-state index in [1.54, 1.807) is 13.3 Å². The molecule has 0 aliphatic carbocycles. The van der Waals surface area contributed by atoms with Gasteiger partial charge in [-0.05, 0) is 38.0 Å². The highest BCUT2D eigenvalue weighted by Gasteiger charge is 2.08. The average Bonchev–Trinajstić information content (AvgIpc) is 3.13. The van der Waals surface area contributed by atoms with Gasteiger partial charge in [0, 0.05) is 38.8 Å². The van der Waals surface area contributed by atoms with E-state index < -0.39 is 0 Å². The minimum absolute atomic E-state index is 0.455.